The highest BCUT2D eigenvalue weighted by Gasteiger charge is 2.44. The Morgan fingerprint density at radius 3 is 1.53 bits per heavy atom. The molecule has 0 radical (unpaired) electrons. The van der Waals surface area contributed by atoms with E-state index in [1.54, 1.807) is 0 Å². The molecule has 3 heterocycles. The van der Waals surface area contributed by atoms with Crippen LogP contribution in [0.1, 0.15) is 0 Å². The molecule has 15 nitrogen and oxygen atoms in total. The fourth-order valence-electron chi connectivity index (χ4n) is 5.99. The molecule has 1 saturated heterocycles. The molecule has 1 aliphatic rings. The van der Waals surface area contributed by atoms with Crippen molar-refractivity contribution in [2.24, 2.45) is 0 Å². The van der Waals surface area contributed by atoms with Gasteiger partial charge in [0.25, 0.3) is 0 Å². The average molecular weight is 701 g/mol. The number of benzene rings is 4. The minimum atomic E-state index is -1.66. The van der Waals surface area contributed by atoms with E-state index in [-0.39, 0.29) is 45.1 Å². The van der Waals surface area contributed by atoms with Gasteiger partial charge in [0.1, 0.15) is 81.2 Å². The molecule has 5 atom stereocenters. The summed E-state index contributed by atoms with van der Waals surface area (Å²) in [5.74, 6) is -2.75. The van der Waals surface area contributed by atoms with Crippen molar-refractivity contribution in [3.63, 3.8) is 0 Å². The molecule has 0 aliphatic carbocycles. The first-order valence-electron chi connectivity index (χ1n) is 15.3. The Balaban J connectivity index is 1.36. The van der Waals surface area contributed by atoms with Crippen LogP contribution >= 0.6 is 0 Å². The van der Waals surface area contributed by atoms with Gasteiger partial charge >= 0.3 is 0 Å². The van der Waals surface area contributed by atoms with Gasteiger partial charge in [-0.25, -0.2) is 0 Å². The van der Waals surface area contributed by atoms with E-state index in [0.29, 0.717) is 5.56 Å². The van der Waals surface area contributed by atoms with Crippen LogP contribution in [0.2, 0.25) is 0 Å². The zero-order chi connectivity index (χ0) is 36.3. The second-order valence-corrected chi connectivity index (χ2v) is 11.8. The lowest BCUT2D eigenvalue weighted by Crippen LogP contribution is -2.60. The molecule has 6 aromatic rings. The largest absolute Gasteiger partial charge is 0.508 e. The Hall–Kier alpha value is -6.10. The standard InChI is InChI=1S/C36H28O15/c37-13-26-31(45)32(46)33(47)36(51-26)48-17-7-3-15(4-8-17)25-12-23(44)28-19(40)10-21(42)30(35(28)50-25)29-20(41)9-18(39)27-22(43)11-24(49-34(27)29)14-1-5-16(38)6-2-14/h1-12,26,31-33,36-42,45-47H,13H2/t26-,31-,32+,33-,36-/m1/s1. The zero-order valence-electron chi connectivity index (χ0n) is 26.0. The number of rotatable bonds is 6. The van der Waals surface area contributed by atoms with Gasteiger partial charge in [-0.1, -0.05) is 0 Å². The van der Waals surface area contributed by atoms with Crippen LogP contribution in [0.25, 0.3) is 55.7 Å². The first kappa shape index (κ1) is 33.4. The number of hydrogen-bond acceptors (Lipinski definition) is 15. The van der Waals surface area contributed by atoms with Crippen molar-refractivity contribution in [3.8, 4) is 68.3 Å². The summed E-state index contributed by atoms with van der Waals surface area (Å²) in [6.45, 7) is -0.652. The Morgan fingerprint density at radius 1 is 0.588 bits per heavy atom. The highest BCUT2D eigenvalue weighted by Crippen LogP contribution is 2.49. The molecule has 0 bridgehead atoms. The number of phenols is 5. The highest BCUT2D eigenvalue weighted by molar-refractivity contribution is 6.08. The predicted molar refractivity (Wildman–Crippen MR) is 178 cm³/mol. The zero-order valence-corrected chi connectivity index (χ0v) is 26.0. The molecule has 2 aromatic heterocycles. The van der Waals surface area contributed by atoms with Crippen LogP contribution in [0.15, 0.2) is 91.2 Å². The van der Waals surface area contributed by atoms with Crippen molar-refractivity contribution in [3.05, 3.63) is 93.2 Å². The van der Waals surface area contributed by atoms with Crippen LogP contribution < -0.4 is 15.6 Å². The Morgan fingerprint density at radius 2 is 1.06 bits per heavy atom. The summed E-state index contributed by atoms with van der Waals surface area (Å²) in [4.78, 5) is 26.8. The minimum Gasteiger partial charge on any atom is -0.508 e. The molecule has 51 heavy (non-hydrogen) atoms. The SMILES string of the molecule is O=c1cc(-c2ccc(O)cc2)oc2c(-c3c(O)cc(O)c4c(=O)cc(-c5ccc(O[C@@H]6O[C@H](CO)[C@@H](O)[C@H](O)[C@H]6O)cc5)oc34)c(O)cc(O)c12. The Kier molecular flexibility index (Phi) is 8.29. The van der Waals surface area contributed by atoms with Crippen LogP contribution in [0.4, 0.5) is 0 Å². The van der Waals surface area contributed by atoms with Crippen molar-refractivity contribution in [1.29, 1.82) is 0 Å². The summed E-state index contributed by atoms with van der Waals surface area (Å²) in [5, 5.41) is 92.5. The summed E-state index contributed by atoms with van der Waals surface area (Å²) < 4.78 is 23.1. The molecule has 0 amide bonds. The molecule has 1 aliphatic heterocycles. The van der Waals surface area contributed by atoms with Crippen LogP contribution in [-0.2, 0) is 4.74 Å². The van der Waals surface area contributed by atoms with Gasteiger partial charge in [0.15, 0.2) is 22.0 Å². The van der Waals surface area contributed by atoms with Crippen molar-refractivity contribution in [2.45, 2.75) is 30.7 Å². The van der Waals surface area contributed by atoms with Crippen molar-refractivity contribution >= 4 is 21.9 Å². The molecule has 15 heteroatoms. The van der Waals surface area contributed by atoms with Gasteiger partial charge in [-0.3, -0.25) is 9.59 Å². The van der Waals surface area contributed by atoms with Crippen LogP contribution in [0, 0.1) is 0 Å². The number of aliphatic hydroxyl groups is 4. The summed E-state index contributed by atoms with van der Waals surface area (Å²) in [7, 11) is 0. The first-order chi connectivity index (χ1) is 24.4. The topological polar surface area (TPSA) is 261 Å². The smallest absolute Gasteiger partial charge is 0.229 e. The minimum absolute atomic E-state index is 0.0329. The third-order valence-corrected chi connectivity index (χ3v) is 8.56. The highest BCUT2D eigenvalue weighted by atomic mass is 16.7. The molecule has 0 saturated carbocycles. The second kappa shape index (κ2) is 12.7. The van der Waals surface area contributed by atoms with Gasteiger partial charge in [0, 0.05) is 35.4 Å². The molecule has 9 N–H and O–H groups in total. The van der Waals surface area contributed by atoms with Crippen LogP contribution in [0.3, 0.4) is 0 Å². The normalized spacial score (nSPS) is 20.5. The maximum Gasteiger partial charge on any atom is 0.229 e. The van der Waals surface area contributed by atoms with E-state index in [9.17, 15) is 55.5 Å². The van der Waals surface area contributed by atoms with Gasteiger partial charge in [0.05, 0.1) is 17.7 Å². The van der Waals surface area contributed by atoms with E-state index in [1.807, 2.05) is 0 Å². The molecular formula is C36H28O15. The van der Waals surface area contributed by atoms with Crippen molar-refractivity contribution in [1.82, 2.24) is 0 Å². The third kappa shape index (κ3) is 5.74. The van der Waals surface area contributed by atoms with E-state index in [4.69, 9.17) is 18.3 Å². The number of fused-ring (bicyclic) bond motifs is 2. The molecule has 0 unspecified atom stereocenters. The summed E-state index contributed by atoms with van der Waals surface area (Å²) in [6.07, 6.45) is -7.55. The van der Waals surface area contributed by atoms with Gasteiger partial charge in [0.2, 0.25) is 6.29 Å². The maximum absolute atomic E-state index is 13.5. The third-order valence-electron chi connectivity index (χ3n) is 8.56. The molecule has 262 valence electrons. The second-order valence-electron chi connectivity index (χ2n) is 11.8. The number of ether oxygens (including phenoxy) is 2. The monoisotopic (exact) mass is 700 g/mol. The summed E-state index contributed by atoms with van der Waals surface area (Å²) in [5.41, 5.74) is -2.42. The van der Waals surface area contributed by atoms with E-state index in [1.165, 1.54) is 48.5 Å². The number of hydrogen-bond donors (Lipinski definition) is 9. The maximum atomic E-state index is 13.5. The van der Waals surface area contributed by atoms with Gasteiger partial charge in [-0.2, -0.15) is 0 Å². The molecule has 4 aromatic carbocycles. The van der Waals surface area contributed by atoms with E-state index >= 15 is 0 Å². The lowest BCUT2D eigenvalue weighted by Gasteiger charge is -2.39. The van der Waals surface area contributed by atoms with Crippen molar-refractivity contribution in [2.75, 3.05) is 6.61 Å². The van der Waals surface area contributed by atoms with E-state index in [2.05, 4.69) is 0 Å². The fourth-order valence-corrected chi connectivity index (χ4v) is 5.99. The van der Waals surface area contributed by atoms with Crippen molar-refractivity contribution < 1.29 is 64.3 Å². The predicted octanol–water partition coefficient (Wildman–Crippen LogP) is 2.61. The van der Waals surface area contributed by atoms with E-state index in [0.717, 1.165) is 24.3 Å². The lowest BCUT2D eigenvalue weighted by molar-refractivity contribution is -0.277. The molecular weight excluding hydrogens is 672 g/mol. The molecule has 0 spiro atoms. The van der Waals surface area contributed by atoms with E-state index < -0.39 is 87.7 Å². The quantitative estimate of drug-likeness (QED) is 0.121. The van der Waals surface area contributed by atoms with Gasteiger partial charge in [-0.05, 0) is 48.5 Å². The van der Waals surface area contributed by atoms with Gasteiger partial charge in [-0.15, -0.1) is 0 Å². The number of aromatic hydroxyl groups is 5. The average Bonchev–Trinajstić information content (AvgIpc) is 3.09. The summed E-state index contributed by atoms with van der Waals surface area (Å²) >= 11 is 0. The Labute approximate surface area is 284 Å². The van der Waals surface area contributed by atoms with Gasteiger partial charge < -0.3 is 64.3 Å². The lowest BCUT2D eigenvalue weighted by atomic mass is 9.96. The number of phenolic OH excluding ortho intramolecular Hbond substituents is 5. The molecule has 7 rings (SSSR count). The van der Waals surface area contributed by atoms with Crippen LogP contribution in [-0.4, -0.2) is 83.3 Å². The first-order valence-corrected chi connectivity index (χ1v) is 15.3. The fraction of sp³-hybridized carbons (Fsp3) is 0.167. The summed E-state index contributed by atoms with van der Waals surface area (Å²) in [6, 6.07) is 15.2. The Bertz CT molecular complexity index is 2410. The molecule has 1 fully saturated rings. The number of aliphatic hydroxyl groups excluding tert-OH is 4. The van der Waals surface area contributed by atoms with Crippen LogP contribution in [0.5, 0.6) is 34.5 Å².